The standard InChI is InChI=1S/C8H11F3O2/c9-6(7(12)13)5-1-3-8(10,11)4-2-5/h5-6H,1-4H2,(H,12,13). The van der Waals surface area contributed by atoms with Crippen molar-refractivity contribution in [2.45, 2.75) is 37.8 Å². The second kappa shape index (κ2) is 3.55. The van der Waals surface area contributed by atoms with Gasteiger partial charge in [0.1, 0.15) is 0 Å². The molecule has 1 atom stereocenters. The van der Waals surface area contributed by atoms with E-state index in [2.05, 4.69) is 0 Å². The van der Waals surface area contributed by atoms with Crippen LogP contribution in [0.25, 0.3) is 0 Å². The molecule has 0 amide bonds. The van der Waals surface area contributed by atoms with Gasteiger partial charge in [0, 0.05) is 18.8 Å². The van der Waals surface area contributed by atoms with Crippen LogP contribution in [0.4, 0.5) is 13.2 Å². The molecule has 1 aliphatic rings. The molecule has 1 aliphatic carbocycles. The van der Waals surface area contributed by atoms with Gasteiger partial charge in [-0.1, -0.05) is 0 Å². The van der Waals surface area contributed by atoms with Gasteiger partial charge in [-0.3, -0.25) is 0 Å². The van der Waals surface area contributed by atoms with E-state index < -0.39 is 36.8 Å². The lowest BCUT2D eigenvalue weighted by molar-refractivity contribution is -0.147. The van der Waals surface area contributed by atoms with Gasteiger partial charge in [0.2, 0.25) is 5.92 Å². The Labute approximate surface area is 73.7 Å². The van der Waals surface area contributed by atoms with E-state index in [-0.39, 0.29) is 12.8 Å². The summed E-state index contributed by atoms with van der Waals surface area (Å²) in [6.07, 6.45) is -2.87. The molecule has 1 N–H and O–H groups in total. The van der Waals surface area contributed by atoms with Crippen molar-refractivity contribution < 1.29 is 23.1 Å². The monoisotopic (exact) mass is 196 g/mol. The number of carbonyl (C=O) groups is 1. The van der Waals surface area contributed by atoms with Crippen LogP contribution in [0.5, 0.6) is 0 Å². The van der Waals surface area contributed by atoms with Crippen molar-refractivity contribution in [2.24, 2.45) is 5.92 Å². The van der Waals surface area contributed by atoms with Crippen molar-refractivity contribution in [1.29, 1.82) is 0 Å². The number of carboxylic acids is 1. The Kier molecular flexibility index (Phi) is 2.83. The topological polar surface area (TPSA) is 37.3 Å². The molecule has 0 saturated heterocycles. The molecule has 1 saturated carbocycles. The fraction of sp³-hybridized carbons (Fsp3) is 0.875. The molecular weight excluding hydrogens is 185 g/mol. The van der Waals surface area contributed by atoms with Gasteiger partial charge in [0.05, 0.1) is 0 Å². The third-order valence-electron chi connectivity index (χ3n) is 2.41. The van der Waals surface area contributed by atoms with Crippen LogP contribution in [-0.4, -0.2) is 23.2 Å². The van der Waals surface area contributed by atoms with Crippen molar-refractivity contribution in [1.82, 2.24) is 0 Å². The number of carboxylic acid groups (broad SMARTS) is 1. The zero-order valence-electron chi connectivity index (χ0n) is 6.97. The summed E-state index contributed by atoms with van der Waals surface area (Å²) < 4.78 is 38.0. The minimum absolute atomic E-state index is 0.0412. The average molecular weight is 196 g/mol. The van der Waals surface area contributed by atoms with Crippen LogP contribution in [-0.2, 0) is 4.79 Å². The quantitative estimate of drug-likeness (QED) is 0.735. The molecule has 13 heavy (non-hydrogen) atoms. The first-order valence-electron chi connectivity index (χ1n) is 4.17. The van der Waals surface area contributed by atoms with Crippen LogP contribution in [0.15, 0.2) is 0 Å². The Morgan fingerprint density at radius 3 is 2.23 bits per heavy atom. The second-order valence-electron chi connectivity index (χ2n) is 3.43. The van der Waals surface area contributed by atoms with E-state index in [9.17, 15) is 18.0 Å². The zero-order valence-corrected chi connectivity index (χ0v) is 6.97. The molecule has 2 nitrogen and oxygen atoms in total. The summed E-state index contributed by atoms with van der Waals surface area (Å²) in [6.45, 7) is 0. The van der Waals surface area contributed by atoms with Crippen molar-refractivity contribution in [2.75, 3.05) is 0 Å². The fourth-order valence-electron chi connectivity index (χ4n) is 1.56. The number of hydrogen-bond donors (Lipinski definition) is 1. The Morgan fingerprint density at radius 1 is 1.38 bits per heavy atom. The molecule has 0 bridgehead atoms. The summed E-state index contributed by atoms with van der Waals surface area (Å²) in [5, 5.41) is 8.30. The average Bonchev–Trinajstić information content (AvgIpc) is 2.03. The Morgan fingerprint density at radius 2 is 1.85 bits per heavy atom. The summed E-state index contributed by atoms with van der Waals surface area (Å²) >= 11 is 0. The molecule has 0 aromatic carbocycles. The second-order valence-corrected chi connectivity index (χ2v) is 3.43. The number of halogens is 3. The molecule has 5 heteroatoms. The van der Waals surface area contributed by atoms with E-state index in [1.165, 1.54) is 0 Å². The molecular formula is C8H11F3O2. The van der Waals surface area contributed by atoms with Gasteiger partial charge in [0.15, 0.2) is 6.17 Å². The molecule has 76 valence electrons. The number of alkyl halides is 3. The minimum Gasteiger partial charge on any atom is -0.479 e. The molecule has 0 aromatic rings. The highest BCUT2D eigenvalue weighted by molar-refractivity contribution is 5.72. The van der Waals surface area contributed by atoms with Gasteiger partial charge in [-0.05, 0) is 12.8 Å². The molecule has 0 spiro atoms. The smallest absolute Gasteiger partial charge is 0.338 e. The minimum atomic E-state index is -2.73. The highest BCUT2D eigenvalue weighted by Crippen LogP contribution is 2.38. The normalized spacial score (nSPS) is 25.5. The lowest BCUT2D eigenvalue weighted by Crippen LogP contribution is -2.32. The van der Waals surface area contributed by atoms with Crippen LogP contribution in [0.1, 0.15) is 25.7 Å². The van der Waals surface area contributed by atoms with E-state index >= 15 is 0 Å². The van der Waals surface area contributed by atoms with Crippen LogP contribution in [0.3, 0.4) is 0 Å². The van der Waals surface area contributed by atoms with Crippen molar-refractivity contribution in [3.05, 3.63) is 0 Å². The van der Waals surface area contributed by atoms with Crippen LogP contribution >= 0.6 is 0 Å². The largest absolute Gasteiger partial charge is 0.479 e. The van der Waals surface area contributed by atoms with Gasteiger partial charge in [-0.25, -0.2) is 18.0 Å². The maximum atomic E-state index is 12.8. The molecule has 0 aliphatic heterocycles. The molecule has 0 heterocycles. The maximum absolute atomic E-state index is 12.8. The van der Waals surface area contributed by atoms with Gasteiger partial charge in [0.25, 0.3) is 0 Å². The van der Waals surface area contributed by atoms with Crippen LogP contribution in [0.2, 0.25) is 0 Å². The van der Waals surface area contributed by atoms with Crippen molar-refractivity contribution in [3.8, 4) is 0 Å². The summed E-state index contributed by atoms with van der Waals surface area (Å²) in [4.78, 5) is 10.2. The highest BCUT2D eigenvalue weighted by atomic mass is 19.3. The third-order valence-corrected chi connectivity index (χ3v) is 2.41. The lowest BCUT2D eigenvalue weighted by atomic mass is 9.84. The first-order chi connectivity index (χ1) is 5.92. The summed E-state index contributed by atoms with van der Waals surface area (Å²) in [5.74, 6) is -5.01. The van der Waals surface area contributed by atoms with E-state index in [1.54, 1.807) is 0 Å². The van der Waals surface area contributed by atoms with Crippen LogP contribution < -0.4 is 0 Å². The molecule has 1 rings (SSSR count). The molecule has 0 radical (unpaired) electrons. The summed E-state index contributed by atoms with van der Waals surface area (Å²) in [6, 6.07) is 0. The van der Waals surface area contributed by atoms with Gasteiger partial charge in [-0.2, -0.15) is 0 Å². The Hall–Kier alpha value is -0.740. The number of aliphatic carboxylic acids is 1. The number of rotatable bonds is 2. The van der Waals surface area contributed by atoms with E-state index in [1.807, 2.05) is 0 Å². The predicted molar refractivity (Wildman–Crippen MR) is 39.4 cm³/mol. The first kappa shape index (κ1) is 10.3. The van der Waals surface area contributed by atoms with Crippen LogP contribution in [0, 0.1) is 5.92 Å². The van der Waals surface area contributed by atoms with Gasteiger partial charge >= 0.3 is 5.97 Å². The summed E-state index contributed by atoms with van der Waals surface area (Å²) in [5.41, 5.74) is 0. The Balaban J connectivity index is 2.45. The van der Waals surface area contributed by atoms with E-state index in [4.69, 9.17) is 5.11 Å². The number of hydrogen-bond acceptors (Lipinski definition) is 1. The van der Waals surface area contributed by atoms with Crippen molar-refractivity contribution >= 4 is 5.97 Å². The van der Waals surface area contributed by atoms with E-state index in [0.717, 1.165) is 0 Å². The molecule has 1 fully saturated rings. The predicted octanol–water partition coefficient (Wildman–Crippen LogP) is 2.23. The zero-order chi connectivity index (χ0) is 10.1. The maximum Gasteiger partial charge on any atom is 0.338 e. The molecule has 0 aromatic heterocycles. The third kappa shape index (κ3) is 2.60. The highest BCUT2D eigenvalue weighted by Gasteiger charge is 2.39. The molecule has 1 unspecified atom stereocenters. The van der Waals surface area contributed by atoms with E-state index in [0.29, 0.717) is 0 Å². The van der Waals surface area contributed by atoms with Gasteiger partial charge < -0.3 is 5.11 Å². The Bertz CT molecular complexity index is 196. The first-order valence-corrected chi connectivity index (χ1v) is 4.17. The summed E-state index contributed by atoms with van der Waals surface area (Å²) in [7, 11) is 0. The SMILES string of the molecule is O=C(O)C(F)C1CCC(F)(F)CC1. The van der Waals surface area contributed by atoms with Gasteiger partial charge in [-0.15, -0.1) is 0 Å². The lowest BCUT2D eigenvalue weighted by Gasteiger charge is -2.28. The fourth-order valence-corrected chi connectivity index (χ4v) is 1.56. The van der Waals surface area contributed by atoms with Crippen molar-refractivity contribution in [3.63, 3.8) is 0 Å².